The SMILES string of the molecule is NC(N)=NCc1ccc2[nH]c3c(c2c1)C[C@@]1(O)[C@H]2Cc4ccc(O)c5c4[C@@]1(CCN2CC1CC1)[C@H]3O5. The minimum atomic E-state index is -0.991. The first-order chi connectivity index (χ1) is 17.4. The number of H-pyrrole nitrogens is 1. The Balaban J connectivity index is 1.34. The summed E-state index contributed by atoms with van der Waals surface area (Å²) in [6, 6.07) is 10.0. The molecule has 1 saturated carbocycles. The molecule has 7 N–H and O–H groups in total. The number of benzene rings is 2. The quantitative estimate of drug-likeness (QED) is 0.285. The first-order valence-electron chi connectivity index (χ1n) is 13.1. The number of phenolic OH excluding ortho intramolecular Hbond substituents is 1. The van der Waals surface area contributed by atoms with Crippen LogP contribution in [-0.4, -0.2) is 50.8 Å². The van der Waals surface area contributed by atoms with E-state index in [1.807, 2.05) is 12.1 Å². The van der Waals surface area contributed by atoms with Crippen LogP contribution in [0.25, 0.3) is 10.9 Å². The Morgan fingerprint density at radius 2 is 2.08 bits per heavy atom. The van der Waals surface area contributed by atoms with Crippen molar-refractivity contribution in [2.75, 3.05) is 13.1 Å². The smallest absolute Gasteiger partial charge is 0.186 e. The van der Waals surface area contributed by atoms with Gasteiger partial charge in [0.25, 0.3) is 0 Å². The number of rotatable bonds is 4. The van der Waals surface area contributed by atoms with E-state index in [1.165, 1.54) is 18.4 Å². The number of ether oxygens (including phenoxy) is 1. The van der Waals surface area contributed by atoms with Gasteiger partial charge in [0.1, 0.15) is 0 Å². The number of hydrogen-bond acceptors (Lipinski definition) is 5. The van der Waals surface area contributed by atoms with E-state index in [0.29, 0.717) is 18.7 Å². The number of aromatic nitrogens is 1. The van der Waals surface area contributed by atoms with Crippen LogP contribution in [0.4, 0.5) is 0 Å². The van der Waals surface area contributed by atoms with Gasteiger partial charge in [-0.25, -0.2) is 4.99 Å². The number of phenols is 1. The number of aliphatic imine (C=N–C) groups is 1. The number of piperidine rings is 1. The van der Waals surface area contributed by atoms with Gasteiger partial charge in [0, 0.05) is 35.5 Å². The first kappa shape index (κ1) is 20.9. The molecule has 36 heavy (non-hydrogen) atoms. The molecule has 0 amide bonds. The number of aromatic hydroxyl groups is 1. The molecule has 1 aromatic heterocycles. The molecule has 0 radical (unpaired) electrons. The molecule has 0 unspecified atom stereocenters. The van der Waals surface area contributed by atoms with E-state index in [0.717, 1.165) is 65.1 Å². The Morgan fingerprint density at radius 3 is 2.89 bits per heavy atom. The lowest BCUT2D eigenvalue weighted by atomic mass is 9.49. The molecule has 5 aliphatic rings. The Bertz CT molecular complexity index is 1470. The second kappa shape index (κ2) is 6.75. The highest BCUT2D eigenvalue weighted by molar-refractivity contribution is 5.87. The lowest BCUT2D eigenvalue weighted by Crippen LogP contribution is -2.74. The highest BCUT2D eigenvalue weighted by atomic mass is 16.5. The second-order valence-electron chi connectivity index (χ2n) is 11.6. The molecule has 3 aliphatic carbocycles. The number of nitrogens with two attached hydrogens (primary N) is 2. The number of aliphatic hydroxyl groups is 1. The maximum atomic E-state index is 12.9. The fourth-order valence-electron chi connectivity index (χ4n) is 7.95. The van der Waals surface area contributed by atoms with Crippen molar-refractivity contribution < 1.29 is 14.9 Å². The van der Waals surface area contributed by atoms with E-state index in [9.17, 15) is 10.2 Å². The van der Waals surface area contributed by atoms with Gasteiger partial charge in [-0.15, -0.1) is 0 Å². The summed E-state index contributed by atoms with van der Waals surface area (Å²) >= 11 is 0. The molecular weight excluding hydrogens is 454 g/mol. The Hall–Kier alpha value is -3.23. The van der Waals surface area contributed by atoms with Gasteiger partial charge in [0.2, 0.25) is 0 Å². The summed E-state index contributed by atoms with van der Waals surface area (Å²) in [5.74, 6) is 1.54. The monoisotopic (exact) mass is 485 g/mol. The number of nitrogens with one attached hydrogen (secondary N) is 1. The van der Waals surface area contributed by atoms with E-state index < -0.39 is 11.0 Å². The lowest BCUT2D eigenvalue weighted by Gasteiger charge is -2.62. The van der Waals surface area contributed by atoms with Gasteiger partial charge in [-0.05, 0) is 73.0 Å². The van der Waals surface area contributed by atoms with E-state index in [-0.39, 0.29) is 23.9 Å². The Morgan fingerprint density at radius 1 is 1.22 bits per heavy atom. The van der Waals surface area contributed by atoms with Gasteiger partial charge in [-0.1, -0.05) is 12.1 Å². The molecule has 3 heterocycles. The van der Waals surface area contributed by atoms with Crippen molar-refractivity contribution in [3.05, 3.63) is 58.3 Å². The predicted octanol–water partition coefficient (Wildman–Crippen LogP) is 2.35. The van der Waals surface area contributed by atoms with E-state index in [2.05, 4.69) is 27.0 Å². The van der Waals surface area contributed by atoms with E-state index in [1.54, 1.807) is 6.07 Å². The summed E-state index contributed by atoms with van der Waals surface area (Å²) in [5, 5.41) is 24.8. The van der Waals surface area contributed by atoms with E-state index in [4.69, 9.17) is 16.2 Å². The predicted molar refractivity (Wildman–Crippen MR) is 136 cm³/mol. The zero-order valence-electron chi connectivity index (χ0n) is 20.1. The number of hydrogen-bond donors (Lipinski definition) is 5. The minimum absolute atomic E-state index is 0.0175. The normalized spacial score (nSPS) is 31.6. The zero-order valence-corrected chi connectivity index (χ0v) is 20.1. The number of fused-ring (bicyclic) bond motifs is 4. The Labute approximate surface area is 208 Å². The fraction of sp³-hybridized carbons (Fsp3) is 0.464. The molecule has 2 aliphatic heterocycles. The molecular formula is C28H31N5O3. The average molecular weight is 486 g/mol. The summed E-state index contributed by atoms with van der Waals surface area (Å²) in [5.41, 5.74) is 16.0. The van der Waals surface area contributed by atoms with Crippen molar-refractivity contribution in [1.82, 2.24) is 9.88 Å². The molecule has 2 aromatic carbocycles. The molecule has 8 heteroatoms. The van der Waals surface area contributed by atoms with Gasteiger partial charge in [0.05, 0.1) is 23.3 Å². The van der Waals surface area contributed by atoms with Crippen molar-refractivity contribution in [2.45, 2.75) is 61.8 Å². The average Bonchev–Trinajstić information content (AvgIpc) is 3.49. The third-order valence-corrected chi connectivity index (χ3v) is 9.67. The van der Waals surface area contributed by atoms with Gasteiger partial charge in [-0.3, -0.25) is 4.90 Å². The fourth-order valence-corrected chi connectivity index (χ4v) is 7.95. The van der Waals surface area contributed by atoms with Crippen LogP contribution in [0.1, 0.15) is 53.3 Å². The maximum Gasteiger partial charge on any atom is 0.186 e. The summed E-state index contributed by atoms with van der Waals surface area (Å²) in [7, 11) is 0. The summed E-state index contributed by atoms with van der Waals surface area (Å²) < 4.78 is 6.65. The van der Waals surface area contributed by atoms with Crippen LogP contribution in [0.2, 0.25) is 0 Å². The van der Waals surface area contributed by atoms with Crippen molar-refractivity contribution in [1.29, 1.82) is 0 Å². The summed E-state index contributed by atoms with van der Waals surface area (Å²) in [4.78, 5) is 10.4. The molecule has 1 saturated heterocycles. The summed E-state index contributed by atoms with van der Waals surface area (Å²) in [6.45, 7) is 2.40. The number of aromatic amines is 1. The highest BCUT2D eigenvalue weighted by Crippen LogP contribution is 2.69. The largest absolute Gasteiger partial charge is 0.504 e. The van der Waals surface area contributed by atoms with Crippen molar-refractivity contribution in [3.8, 4) is 11.5 Å². The maximum absolute atomic E-state index is 12.9. The van der Waals surface area contributed by atoms with E-state index >= 15 is 0 Å². The van der Waals surface area contributed by atoms with Crippen LogP contribution >= 0.6 is 0 Å². The van der Waals surface area contributed by atoms with Gasteiger partial charge in [-0.2, -0.15) is 0 Å². The van der Waals surface area contributed by atoms with Gasteiger partial charge < -0.3 is 31.4 Å². The van der Waals surface area contributed by atoms with Crippen LogP contribution in [0.3, 0.4) is 0 Å². The number of likely N-dealkylation sites (tertiary alicyclic amines) is 1. The van der Waals surface area contributed by atoms with Crippen LogP contribution in [-0.2, 0) is 24.8 Å². The molecule has 3 aromatic rings. The zero-order chi connectivity index (χ0) is 24.4. The van der Waals surface area contributed by atoms with Crippen LogP contribution < -0.4 is 16.2 Å². The van der Waals surface area contributed by atoms with Crippen LogP contribution in [0.5, 0.6) is 11.5 Å². The minimum Gasteiger partial charge on any atom is -0.504 e. The summed E-state index contributed by atoms with van der Waals surface area (Å²) in [6.07, 6.45) is 4.35. The van der Waals surface area contributed by atoms with Crippen molar-refractivity contribution in [2.24, 2.45) is 22.4 Å². The molecule has 2 fully saturated rings. The molecule has 4 atom stereocenters. The lowest BCUT2D eigenvalue weighted by molar-refractivity contribution is -0.173. The van der Waals surface area contributed by atoms with Crippen molar-refractivity contribution >= 4 is 16.9 Å². The third kappa shape index (κ3) is 2.48. The van der Waals surface area contributed by atoms with Crippen LogP contribution in [0.15, 0.2) is 35.3 Å². The molecule has 8 rings (SSSR count). The number of nitrogens with zero attached hydrogens (tertiary/aromatic N) is 2. The topological polar surface area (TPSA) is 133 Å². The Kier molecular flexibility index (Phi) is 3.92. The molecule has 1 spiro atoms. The molecule has 186 valence electrons. The van der Waals surface area contributed by atoms with Crippen LogP contribution in [0, 0.1) is 5.92 Å². The first-order valence-corrected chi connectivity index (χ1v) is 13.1. The van der Waals surface area contributed by atoms with Gasteiger partial charge >= 0.3 is 0 Å². The number of guanidine groups is 1. The molecule has 2 bridgehead atoms. The molecule has 8 nitrogen and oxygen atoms in total. The standard InChI is InChI=1S/C28H31N5O3/c29-26(30)31-12-15-3-5-19-17(9-15)18-11-28(35)21-10-16-4-6-20(34)24-22(16)27(28,25(36-24)23(18)32-19)7-8-33(21)13-14-1-2-14/h3-6,9,14,21,25,32,34-35H,1-2,7-8,10-13H2,(H4,29,30,31)/t21-,25+,27+,28-/m1/s1. The highest BCUT2D eigenvalue weighted by Gasteiger charge is 2.72. The third-order valence-electron chi connectivity index (χ3n) is 9.67. The van der Waals surface area contributed by atoms with Crippen molar-refractivity contribution in [3.63, 3.8) is 0 Å². The van der Waals surface area contributed by atoms with Gasteiger partial charge in [0.15, 0.2) is 23.6 Å². The second-order valence-corrected chi connectivity index (χ2v) is 11.6.